The van der Waals surface area contributed by atoms with Gasteiger partial charge in [0.2, 0.25) is 0 Å². The Morgan fingerprint density at radius 3 is 2.40 bits per heavy atom. The zero-order valence-corrected chi connectivity index (χ0v) is 18.5. The molecule has 0 spiro atoms. The number of para-hydroxylation sites is 1. The van der Waals surface area contributed by atoms with Crippen LogP contribution < -0.4 is 14.8 Å². The van der Waals surface area contributed by atoms with Gasteiger partial charge >= 0.3 is 0 Å². The lowest BCUT2D eigenvalue weighted by Gasteiger charge is -2.18. The molecule has 0 aliphatic rings. The molecule has 1 atom stereocenters. The maximum absolute atomic E-state index is 12.5. The van der Waals surface area contributed by atoms with E-state index in [0.717, 1.165) is 5.56 Å². The van der Waals surface area contributed by atoms with E-state index in [1.807, 2.05) is 24.3 Å². The van der Waals surface area contributed by atoms with Crippen LogP contribution >= 0.6 is 11.3 Å². The van der Waals surface area contributed by atoms with Gasteiger partial charge in [-0.15, -0.1) is 11.3 Å². The molecule has 0 aliphatic heterocycles. The summed E-state index contributed by atoms with van der Waals surface area (Å²) in [6.07, 6.45) is 0.795. The van der Waals surface area contributed by atoms with Crippen LogP contribution in [0.1, 0.15) is 32.3 Å². The number of carbonyl (C=O) groups excluding carboxylic acids is 1. The molecule has 1 amide bonds. The summed E-state index contributed by atoms with van der Waals surface area (Å²) in [5.74, 6) is 0.610. The Kier molecular flexibility index (Phi) is 6.73. The third kappa shape index (κ3) is 5.37. The van der Waals surface area contributed by atoms with Crippen LogP contribution in [0.3, 0.4) is 0 Å². The number of sulfonamides is 1. The molecule has 0 radical (unpaired) electrons. The first kappa shape index (κ1) is 21.8. The van der Waals surface area contributed by atoms with E-state index < -0.39 is 16.1 Å². The van der Waals surface area contributed by atoms with E-state index >= 15 is 0 Å². The lowest BCUT2D eigenvalue weighted by molar-refractivity contribution is -0.122. The van der Waals surface area contributed by atoms with Crippen LogP contribution in [0.15, 0.2) is 65.0 Å². The molecule has 1 aromatic heterocycles. The van der Waals surface area contributed by atoms with E-state index in [9.17, 15) is 13.2 Å². The molecular formula is C21H23N3O4S2. The summed E-state index contributed by atoms with van der Waals surface area (Å²) < 4.78 is 33.0. The molecule has 9 heteroatoms. The van der Waals surface area contributed by atoms with Crippen LogP contribution in [0.2, 0.25) is 0 Å². The number of hydrogen-bond acceptors (Lipinski definition) is 6. The van der Waals surface area contributed by atoms with Crippen LogP contribution in [0.4, 0.5) is 10.8 Å². The average Bonchev–Trinajstić information content (AvgIpc) is 3.21. The van der Waals surface area contributed by atoms with Gasteiger partial charge in [0.05, 0.1) is 4.90 Å². The van der Waals surface area contributed by atoms with E-state index in [-0.39, 0.29) is 16.7 Å². The fourth-order valence-corrected chi connectivity index (χ4v) is 4.51. The molecule has 0 saturated carbocycles. The second-order valence-corrected chi connectivity index (χ2v) is 9.49. The van der Waals surface area contributed by atoms with E-state index in [4.69, 9.17) is 4.74 Å². The molecule has 3 aromatic rings. The summed E-state index contributed by atoms with van der Waals surface area (Å²) >= 11 is 1.19. The van der Waals surface area contributed by atoms with E-state index in [0.29, 0.717) is 16.6 Å². The second-order valence-electron chi connectivity index (χ2n) is 6.91. The highest BCUT2D eigenvalue weighted by molar-refractivity contribution is 7.93. The summed E-state index contributed by atoms with van der Waals surface area (Å²) in [6, 6.07) is 13.5. The highest BCUT2D eigenvalue weighted by atomic mass is 32.2. The summed E-state index contributed by atoms with van der Waals surface area (Å²) in [4.78, 5) is 16.5. The molecule has 30 heavy (non-hydrogen) atoms. The first-order chi connectivity index (χ1) is 14.3. The standard InChI is InChI=1S/C21H23N3O4S2/c1-14(2)18-6-4-5-7-19(18)28-15(3)20(25)23-16-8-10-17(11-9-16)30(26,27)24-21-22-12-13-29-21/h4-15H,1-3H3,(H,22,24)(H,23,25). The minimum atomic E-state index is -3.74. The molecule has 2 N–H and O–H groups in total. The van der Waals surface area contributed by atoms with Crippen molar-refractivity contribution in [1.82, 2.24) is 4.98 Å². The number of rotatable bonds is 8. The zero-order valence-electron chi connectivity index (χ0n) is 16.8. The molecule has 2 aromatic carbocycles. The molecule has 0 aliphatic carbocycles. The van der Waals surface area contributed by atoms with Gasteiger partial charge in [-0.1, -0.05) is 32.0 Å². The number of anilines is 2. The fourth-order valence-electron chi connectivity index (χ4n) is 2.72. The molecule has 0 fully saturated rings. The van der Waals surface area contributed by atoms with E-state index in [1.165, 1.54) is 41.8 Å². The van der Waals surface area contributed by atoms with Crippen LogP contribution in [-0.4, -0.2) is 25.4 Å². The number of carbonyl (C=O) groups is 1. The SMILES string of the molecule is CC(Oc1ccccc1C(C)C)C(=O)Nc1ccc(S(=O)(=O)Nc2nccs2)cc1. The average molecular weight is 446 g/mol. The summed E-state index contributed by atoms with van der Waals surface area (Å²) in [6.45, 7) is 5.79. The Balaban J connectivity index is 1.64. The van der Waals surface area contributed by atoms with Crippen molar-refractivity contribution < 1.29 is 17.9 Å². The van der Waals surface area contributed by atoms with Gasteiger partial charge in [-0.2, -0.15) is 0 Å². The van der Waals surface area contributed by atoms with Gasteiger partial charge < -0.3 is 10.1 Å². The van der Waals surface area contributed by atoms with Crippen molar-refractivity contribution in [2.24, 2.45) is 0 Å². The van der Waals surface area contributed by atoms with Crippen molar-refractivity contribution in [2.75, 3.05) is 10.0 Å². The van der Waals surface area contributed by atoms with Crippen molar-refractivity contribution in [3.63, 3.8) is 0 Å². The molecule has 1 unspecified atom stereocenters. The molecule has 158 valence electrons. The number of nitrogens with zero attached hydrogens (tertiary/aromatic N) is 1. The Morgan fingerprint density at radius 1 is 1.07 bits per heavy atom. The fraction of sp³-hybridized carbons (Fsp3) is 0.238. The topological polar surface area (TPSA) is 97.4 Å². The van der Waals surface area contributed by atoms with Gasteiger partial charge in [-0.05, 0) is 48.7 Å². The van der Waals surface area contributed by atoms with Gasteiger partial charge in [0, 0.05) is 17.3 Å². The monoisotopic (exact) mass is 445 g/mol. The molecule has 3 rings (SSSR count). The lowest BCUT2D eigenvalue weighted by Crippen LogP contribution is -2.30. The van der Waals surface area contributed by atoms with Crippen molar-refractivity contribution in [3.05, 3.63) is 65.7 Å². The maximum Gasteiger partial charge on any atom is 0.265 e. The molecule has 7 nitrogen and oxygen atoms in total. The predicted octanol–water partition coefficient (Wildman–Crippen LogP) is 4.47. The largest absolute Gasteiger partial charge is 0.481 e. The Morgan fingerprint density at radius 2 is 1.77 bits per heavy atom. The number of hydrogen-bond donors (Lipinski definition) is 2. The number of thiazole rings is 1. The summed E-state index contributed by atoms with van der Waals surface area (Å²) in [5.41, 5.74) is 1.50. The predicted molar refractivity (Wildman–Crippen MR) is 119 cm³/mol. The maximum atomic E-state index is 12.5. The number of ether oxygens (including phenoxy) is 1. The number of aromatic nitrogens is 1. The Bertz CT molecular complexity index is 1100. The second kappa shape index (κ2) is 9.27. The first-order valence-corrected chi connectivity index (χ1v) is 11.7. The number of benzene rings is 2. The van der Waals surface area contributed by atoms with E-state index in [1.54, 1.807) is 12.3 Å². The van der Waals surface area contributed by atoms with Crippen LogP contribution in [-0.2, 0) is 14.8 Å². The molecule has 1 heterocycles. The van der Waals surface area contributed by atoms with Crippen molar-refractivity contribution in [3.8, 4) is 5.75 Å². The minimum Gasteiger partial charge on any atom is -0.481 e. The van der Waals surface area contributed by atoms with Gasteiger partial charge in [0.25, 0.3) is 15.9 Å². The Hall–Kier alpha value is -2.91. The zero-order chi connectivity index (χ0) is 21.7. The number of amides is 1. The van der Waals surface area contributed by atoms with Gasteiger partial charge in [0.15, 0.2) is 11.2 Å². The van der Waals surface area contributed by atoms with Crippen LogP contribution in [0.25, 0.3) is 0 Å². The van der Waals surface area contributed by atoms with Gasteiger partial charge in [-0.3, -0.25) is 9.52 Å². The lowest BCUT2D eigenvalue weighted by atomic mass is 10.0. The highest BCUT2D eigenvalue weighted by Crippen LogP contribution is 2.27. The summed E-state index contributed by atoms with van der Waals surface area (Å²) in [5, 5.41) is 4.72. The highest BCUT2D eigenvalue weighted by Gasteiger charge is 2.19. The van der Waals surface area contributed by atoms with E-state index in [2.05, 4.69) is 28.9 Å². The Labute approximate surface area is 180 Å². The molecule has 0 bridgehead atoms. The van der Waals surface area contributed by atoms with Crippen LogP contribution in [0.5, 0.6) is 5.75 Å². The molecular weight excluding hydrogens is 422 g/mol. The smallest absolute Gasteiger partial charge is 0.265 e. The van der Waals surface area contributed by atoms with Crippen molar-refractivity contribution >= 4 is 38.1 Å². The van der Waals surface area contributed by atoms with Crippen molar-refractivity contribution in [1.29, 1.82) is 0 Å². The van der Waals surface area contributed by atoms with Crippen LogP contribution in [0, 0.1) is 0 Å². The van der Waals surface area contributed by atoms with Crippen molar-refractivity contribution in [2.45, 2.75) is 37.7 Å². The first-order valence-electron chi connectivity index (χ1n) is 9.35. The summed E-state index contributed by atoms with van der Waals surface area (Å²) in [7, 11) is -3.74. The minimum absolute atomic E-state index is 0.0749. The normalized spacial score (nSPS) is 12.4. The third-order valence-corrected chi connectivity index (χ3v) is 6.47. The molecule has 0 saturated heterocycles. The van der Waals surface area contributed by atoms with Gasteiger partial charge in [0.1, 0.15) is 5.75 Å². The quantitative estimate of drug-likeness (QED) is 0.533. The number of nitrogens with one attached hydrogen (secondary N) is 2. The third-order valence-electron chi connectivity index (χ3n) is 4.30. The van der Waals surface area contributed by atoms with Gasteiger partial charge in [-0.25, -0.2) is 13.4 Å².